The van der Waals surface area contributed by atoms with Crippen molar-refractivity contribution in [3.8, 4) is 0 Å². The average Bonchev–Trinajstić information content (AvgIpc) is 2.18. The predicted octanol–water partition coefficient (Wildman–Crippen LogP) is -1.14. The Morgan fingerprint density at radius 3 is 3.07 bits per heavy atom. The Balaban J connectivity index is 2.09. The molecule has 0 aromatic heterocycles. The van der Waals surface area contributed by atoms with Gasteiger partial charge in [0.1, 0.15) is 0 Å². The molecule has 1 aliphatic heterocycles. The van der Waals surface area contributed by atoms with Gasteiger partial charge in [0.15, 0.2) is 0 Å². The SMILES string of the molecule is CS(=O)CCNC(=O)CC1CNCCO1. The van der Waals surface area contributed by atoms with Gasteiger partial charge in [-0.3, -0.25) is 9.00 Å². The van der Waals surface area contributed by atoms with Gasteiger partial charge in [-0.1, -0.05) is 0 Å². The van der Waals surface area contributed by atoms with Crippen LogP contribution in [-0.4, -0.2) is 54.5 Å². The first-order valence-corrected chi connectivity index (χ1v) is 6.80. The van der Waals surface area contributed by atoms with Gasteiger partial charge in [0.05, 0.1) is 19.1 Å². The van der Waals surface area contributed by atoms with E-state index in [2.05, 4.69) is 10.6 Å². The molecule has 1 rings (SSSR count). The fourth-order valence-corrected chi connectivity index (χ4v) is 1.75. The van der Waals surface area contributed by atoms with Gasteiger partial charge in [0, 0.05) is 42.4 Å². The van der Waals surface area contributed by atoms with Crippen LogP contribution in [-0.2, 0) is 20.3 Å². The van der Waals surface area contributed by atoms with Crippen LogP contribution in [0.5, 0.6) is 0 Å². The predicted molar refractivity (Wildman–Crippen MR) is 59.2 cm³/mol. The first-order chi connectivity index (χ1) is 7.18. The van der Waals surface area contributed by atoms with Crippen LogP contribution in [0.3, 0.4) is 0 Å². The van der Waals surface area contributed by atoms with Crippen molar-refractivity contribution in [2.24, 2.45) is 0 Å². The molecule has 88 valence electrons. The zero-order chi connectivity index (χ0) is 11.1. The molecule has 15 heavy (non-hydrogen) atoms. The Kier molecular flexibility index (Phi) is 5.82. The summed E-state index contributed by atoms with van der Waals surface area (Å²) >= 11 is 0. The lowest BCUT2D eigenvalue weighted by Gasteiger charge is -2.22. The molecule has 1 amide bonds. The zero-order valence-corrected chi connectivity index (χ0v) is 9.77. The third-order valence-corrected chi connectivity index (χ3v) is 2.91. The van der Waals surface area contributed by atoms with Crippen molar-refractivity contribution in [2.75, 3.05) is 38.2 Å². The van der Waals surface area contributed by atoms with Gasteiger partial charge >= 0.3 is 0 Å². The van der Waals surface area contributed by atoms with Gasteiger partial charge in [-0.15, -0.1) is 0 Å². The minimum Gasteiger partial charge on any atom is -0.375 e. The van der Waals surface area contributed by atoms with Crippen molar-refractivity contribution >= 4 is 16.7 Å². The van der Waals surface area contributed by atoms with Crippen molar-refractivity contribution in [1.82, 2.24) is 10.6 Å². The number of rotatable bonds is 5. The number of amides is 1. The number of carbonyl (C=O) groups is 1. The molecular formula is C9H18N2O3S. The number of nitrogens with one attached hydrogen (secondary N) is 2. The second-order valence-electron chi connectivity index (χ2n) is 3.53. The highest BCUT2D eigenvalue weighted by Gasteiger charge is 2.16. The topological polar surface area (TPSA) is 67.4 Å². The van der Waals surface area contributed by atoms with Crippen molar-refractivity contribution in [2.45, 2.75) is 12.5 Å². The van der Waals surface area contributed by atoms with Crippen molar-refractivity contribution in [3.05, 3.63) is 0 Å². The first-order valence-electron chi connectivity index (χ1n) is 5.07. The number of hydrogen-bond acceptors (Lipinski definition) is 4. The van der Waals surface area contributed by atoms with Gasteiger partial charge in [0.2, 0.25) is 5.91 Å². The summed E-state index contributed by atoms with van der Waals surface area (Å²) in [5.74, 6) is 0.476. The maximum Gasteiger partial charge on any atom is 0.222 e. The highest BCUT2D eigenvalue weighted by molar-refractivity contribution is 7.84. The van der Waals surface area contributed by atoms with Gasteiger partial charge in [-0.05, 0) is 0 Å². The summed E-state index contributed by atoms with van der Waals surface area (Å²) in [6.07, 6.45) is 1.98. The van der Waals surface area contributed by atoms with Crippen LogP contribution in [0.2, 0.25) is 0 Å². The summed E-state index contributed by atoms with van der Waals surface area (Å²) < 4.78 is 16.1. The molecule has 6 heteroatoms. The average molecular weight is 234 g/mol. The van der Waals surface area contributed by atoms with Crippen LogP contribution in [0.25, 0.3) is 0 Å². The minimum absolute atomic E-state index is 0.0223. The molecular weight excluding hydrogens is 216 g/mol. The van der Waals surface area contributed by atoms with E-state index in [4.69, 9.17) is 4.74 Å². The minimum atomic E-state index is -0.847. The van der Waals surface area contributed by atoms with E-state index in [1.54, 1.807) is 6.26 Å². The molecule has 0 aromatic rings. The maximum absolute atomic E-state index is 11.4. The summed E-state index contributed by atoms with van der Waals surface area (Å²) in [5.41, 5.74) is 0. The Morgan fingerprint density at radius 1 is 1.67 bits per heavy atom. The molecule has 0 radical (unpaired) electrons. The molecule has 1 fully saturated rings. The summed E-state index contributed by atoms with van der Waals surface area (Å²) in [7, 11) is -0.847. The molecule has 1 saturated heterocycles. The largest absolute Gasteiger partial charge is 0.375 e. The standard InChI is InChI=1S/C9H18N2O3S/c1-15(13)5-3-11-9(12)6-8-7-10-2-4-14-8/h8,10H,2-7H2,1H3,(H,11,12). The van der Waals surface area contributed by atoms with E-state index in [0.717, 1.165) is 13.1 Å². The van der Waals surface area contributed by atoms with E-state index in [1.807, 2.05) is 0 Å². The monoisotopic (exact) mass is 234 g/mol. The molecule has 0 aliphatic carbocycles. The quantitative estimate of drug-likeness (QED) is 0.631. The van der Waals surface area contributed by atoms with Gasteiger partial charge in [-0.2, -0.15) is 0 Å². The summed E-state index contributed by atoms with van der Waals surface area (Å²) in [6, 6.07) is 0. The van der Waals surface area contributed by atoms with E-state index in [-0.39, 0.29) is 12.0 Å². The third-order valence-electron chi connectivity index (χ3n) is 2.13. The second-order valence-corrected chi connectivity index (χ2v) is 5.08. The van der Waals surface area contributed by atoms with Gasteiger partial charge in [0.25, 0.3) is 0 Å². The summed E-state index contributed by atoms with van der Waals surface area (Å²) in [5, 5.41) is 5.88. The van der Waals surface area contributed by atoms with E-state index in [0.29, 0.717) is 25.3 Å². The van der Waals surface area contributed by atoms with E-state index < -0.39 is 10.8 Å². The van der Waals surface area contributed by atoms with Crippen molar-refractivity contribution < 1.29 is 13.7 Å². The molecule has 2 atom stereocenters. The number of carbonyl (C=O) groups excluding carboxylic acids is 1. The fourth-order valence-electron chi connectivity index (χ4n) is 1.36. The van der Waals surface area contributed by atoms with E-state index in [9.17, 15) is 9.00 Å². The molecule has 2 N–H and O–H groups in total. The lowest BCUT2D eigenvalue weighted by Crippen LogP contribution is -2.41. The van der Waals surface area contributed by atoms with Crippen molar-refractivity contribution in [1.29, 1.82) is 0 Å². The Morgan fingerprint density at radius 2 is 2.47 bits per heavy atom. The lowest BCUT2D eigenvalue weighted by atomic mass is 10.2. The van der Waals surface area contributed by atoms with Gasteiger partial charge < -0.3 is 15.4 Å². The van der Waals surface area contributed by atoms with Crippen molar-refractivity contribution in [3.63, 3.8) is 0 Å². The third kappa shape index (κ3) is 5.86. The van der Waals surface area contributed by atoms with Crippen LogP contribution in [0.4, 0.5) is 0 Å². The number of morpholine rings is 1. The molecule has 1 aliphatic rings. The normalized spacial score (nSPS) is 23.4. The number of hydrogen-bond donors (Lipinski definition) is 2. The van der Waals surface area contributed by atoms with Crippen LogP contribution in [0.1, 0.15) is 6.42 Å². The van der Waals surface area contributed by atoms with Crippen LogP contribution in [0.15, 0.2) is 0 Å². The van der Waals surface area contributed by atoms with Gasteiger partial charge in [-0.25, -0.2) is 0 Å². The Bertz CT molecular complexity index is 229. The van der Waals surface area contributed by atoms with E-state index >= 15 is 0 Å². The molecule has 0 spiro atoms. The van der Waals surface area contributed by atoms with Crippen LogP contribution >= 0.6 is 0 Å². The molecule has 0 aromatic carbocycles. The van der Waals surface area contributed by atoms with Crippen LogP contribution in [0, 0.1) is 0 Å². The molecule has 5 nitrogen and oxygen atoms in total. The fraction of sp³-hybridized carbons (Fsp3) is 0.889. The lowest BCUT2D eigenvalue weighted by molar-refractivity contribution is -0.124. The summed E-state index contributed by atoms with van der Waals surface area (Å²) in [4.78, 5) is 11.4. The second kappa shape index (κ2) is 6.92. The summed E-state index contributed by atoms with van der Waals surface area (Å²) in [6.45, 7) is 2.72. The maximum atomic E-state index is 11.4. The van der Waals surface area contributed by atoms with E-state index in [1.165, 1.54) is 0 Å². The molecule has 0 bridgehead atoms. The molecule has 0 saturated carbocycles. The Hall–Kier alpha value is -0.460. The smallest absolute Gasteiger partial charge is 0.222 e. The molecule has 1 heterocycles. The first kappa shape index (κ1) is 12.6. The number of ether oxygens (including phenoxy) is 1. The zero-order valence-electron chi connectivity index (χ0n) is 8.95. The highest BCUT2D eigenvalue weighted by Crippen LogP contribution is 2.00. The molecule has 2 unspecified atom stereocenters. The highest BCUT2D eigenvalue weighted by atomic mass is 32.2. The van der Waals surface area contributed by atoms with Crippen LogP contribution < -0.4 is 10.6 Å². The Labute approximate surface area is 92.4 Å².